The minimum Gasteiger partial charge on any atom is -0.467 e. The minimum absolute atomic E-state index is 0.0906. The highest BCUT2D eigenvalue weighted by Gasteiger charge is 2.48. The summed E-state index contributed by atoms with van der Waals surface area (Å²) in [6.45, 7) is 0. The maximum Gasteiger partial charge on any atom is 0.328 e. The van der Waals surface area contributed by atoms with Crippen LogP contribution in [0.15, 0.2) is 0 Å². The first-order valence-electron chi connectivity index (χ1n) is 4.13. The van der Waals surface area contributed by atoms with Crippen LogP contribution in [0.25, 0.3) is 0 Å². The fourth-order valence-electron chi connectivity index (χ4n) is 2.02. The van der Waals surface area contributed by atoms with Gasteiger partial charge >= 0.3 is 5.97 Å². The Morgan fingerprint density at radius 3 is 2.92 bits per heavy atom. The molecule has 12 heavy (non-hydrogen) atoms. The summed E-state index contributed by atoms with van der Waals surface area (Å²) in [5, 5.41) is 0. The van der Waals surface area contributed by atoms with Crippen molar-refractivity contribution >= 4 is 11.9 Å². The molecule has 2 heterocycles. The summed E-state index contributed by atoms with van der Waals surface area (Å²) < 4.78 is 4.60. The lowest BCUT2D eigenvalue weighted by Crippen LogP contribution is -2.54. The molecule has 0 aromatic carbocycles. The molecule has 0 spiro atoms. The van der Waals surface area contributed by atoms with Crippen molar-refractivity contribution in [3.8, 4) is 0 Å². The van der Waals surface area contributed by atoms with Crippen molar-refractivity contribution in [2.75, 3.05) is 7.11 Å². The monoisotopic (exact) mass is 169 g/mol. The third kappa shape index (κ3) is 0.838. The van der Waals surface area contributed by atoms with E-state index in [4.69, 9.17) is 0 Å². The SMILES string of the molecule is COC(=O)[C@@H]1CC[C@H]2CC(=O)N21. The van der Waals surface area contributed by atoms with Crippen molar-refractivity contribution < 1.29 is 14.3 Å². The highest BCUT2D eigenvalue weighted by molar-refractivity contribution is 5.90. The summed E-state index contributed by atoms with van der Waals surface area (Å²) in [6.07, 6.45) is 2.34. The first-order chi connectivity index (χ1) is 5.74. The van der Waals surface area contributed by atoms with E-state index in [1.807, 2.05) is 0 Å². The Morgan fingerprint density at radius 2 is 2.33 bits per heavy atom. The van der Waals surface area contributed by atoms with E-state index >= 15 is 0 Å². The molecule has 2 rings (SSSR count). The zero-order valence-electron chi connectivity index (χ0n) is 6.95. The van der Waals surface area contributed by atoms with Crippen LogP contribution in [0.3, 0.4) is 0 Å². The van der Waals surface area contributed by atoms with Crippen molar-refractivity contribution in [1.82, 2.24) is 4.90 Å². The molecule has 0 radical (unpaired) electrons. The molecule has 2 saturated heterocycles. The van der Waals surface area contributed by atoms with Crippen molar-refractivity contribution in [3.63, 3.8) is 0 Å². The van der Waals surface area contributed by atoms with Crippen LogP contribution in [0.4, 0.5) is 0 Å². The smallest absolute Gasteiger partial charge is 0.328 e. The average Bonchev–Trinajstić information content (AvgIpc) is 2.40. The van der Waals surface area contributed by atoms with Gasteiger partial charge in [-0.05, 0) is 12.8 Å². The Balaban J connectivity index is 2.08. The summed E-state index contributed by atoms with van der Waals surface area (Å²) in [6, 6.07) is 0.0304. The van der Waals surface area contributed by atoms with E-state index in [-0.39, 0.29) is 17.9 Å². The zero-order chi connectivity index (χ0) is 8.72. The number of rotatable bonds is 1. The van der Waals surface area contributed by atoms with Crippen LogP contribution in [0, 0.1) is 0 Å². The molecular weight excluding hydrogens is 158 g/mol. The lowest BCUT2D eigenvalue weighted by molar-refractivity contribution is -0.158. The Hall–Kier alpha value is -1.06. The van der Waals surface area contributed by atoms with E-state index in [2.05, 4.69) is 4.74 Å². The summed E-state index contributed by atoms with van der Waals surface area (Å²) in [4.78, 5) is 23.9. The number of hydrogen-bond donors (Lipinski definition) is 0. The first kappa shape index (κ1) is 7.58. The molecule has 2 atom stereocenters. The maximum absolute atomic E-state index is 11.1. The van der Waals surface area contributed by atoms with Crippen molar-refractivity contribution in [2.45, 2.75) is 31.3 Å². The number of amides is 1. The number of hydrogen-bond acceptors (Lipinski definition) is 3. The van der Waals surface area contributed by atoms with Crippen LogP contribution in [-0.2, 0) is 14.3 Å². The molecule has 4 heteroatoms. The molecule has 0 saturated carbocycles. The molecular formula is C8H11NO3. The Kier molecular flexibility index (Phi) is 1.56. The molecule has 0 aliphatic carbocycles. The standard InChI is InChI=1S/C8H11NO3/c1-12-8(11)6-3-2-5-4-7(10)9(5)6/h5-6H,2-4H2,1H3/t5-,6-/m0/s1. The van der Waals surface area contributed by atoms with E-state index in [0.29, 0.717) is 12.5 Å². The Labute approximate surface area is 70.5 Å². The molecule has 2 aliphatic heterocycles. The zero-order valence-corrected chi connectivity index (χ0v) is 6.95. The second-order valence-electron chi connectivity index (χ2n) is 3.28. The fourth-order valence-corrected chi connectivity index (χ4v) is 2.02. The van der Waals surface area contributed by atoms with Crippen LogP contribution in [0.5, 0.6) is 0 Å². The number of carbonyl (C=O) groups is 2. The highest BCUT2D eigenvalue weighted by Crippen LogP contribution is 2.35. The van der Waals surface area contributed by atoms with Gasteiger partial charge in [0.25, 0.3) is 0 Å². The summed E-state index contributed by atoms with van der Waals surface area (Å²) >= 11 is 0. The van der Waals surface area contributed by atoms with Crippen LogP contribution in [0.1, 0.15) is 19.3 Å². The van der Waals surface area contributed by atoms with Gasteiger partial charge in [0.2, 0.25) is 5.91 Å². The van der Waals surface area contributed by atoms with Gasteiger partial charge in [-0.2, -0.15) is 0 Å². The number of nitrogens with zero attached hydrogens (tertiary/aromatic N) is 1. The van der Waals surface area contributed by atoms with E-state index in [1.54, 1.807) is 4.90 Å². The molecule has 0 aromatic rings. The predicted molar refractivity (Wildman–Crippen MR) is 40.3 cm³/mol. The third-order valence-electron chi connectivity index (χ3n) is 2.67. The summed E-state index contributed by atoms with van der Waals surface area (Å²) in [5.74, 6) is -0.182. The number of esters is 1. The van der Waals surface area contributed by atoms with Crippen LogP contribution < -0.4 is 0 Å². The normalized spacial score (nSPS) is 32.8. The first-order valence-corrected chi connectivity index (χ1v) is 4.13. The van der Waals surface area contributed by atoms with Gasteiger partial charge in [0.05, 0.1) is 7.11 Å². The number of fused-ring (bicyclic) bond motifs is 1. The topological polar surface area (TPSA) is 46.6 Å². The molecule has 2 aliphatic rings. The maximum atomic E-state index is 11.1. The van der Waals surface area contributed by atoms with E-state index in [1.165, 1.54) is 7.11 Å². The molecule has 66 valence electrons. The second kappa shape index (κ2) is 2.47. The molecule has 4 nitrogen and oxygen atoms in total. The van der Waals surface area contributed by atoms with Crippen LogP contribution >= 0.6 is 0 Å². The van der Waals surface area contributed by atoms with Gasteiger partial charge in [-0.3, -0.25) is 4.79 Å². The number of β-lactam (4-membered cyclic amide) rings is 1. The Morgan fingerprint density at radius 1 is 1.58 bits per heavy atom. The third-order valence-corrected chi connectivity index (χ3v) is 2.67. The quantitative estimate of drug-likeness (QED) is 0.407. The number of methoxy groups -OCH3 is 1. The van der Waals surface area contributed by atoms with Gasteiger partial charge in [-0.15, -0.1) is 0 Å². The second-order valence-corrected chi connectivity index (χ2v) is 3.28. The van der Waals surface area contributed by atoms with Crippen LogP contribution in [0.2, 0.25) is 0 Å². The van der Waals surface area contributed by atoms with Crippen molar-refractivity contribution in [2.24, 2.45) is 0 Å². The minimum atomic E-state index is -0.291. The van der Waals surface area contributed by atoms with E-state index < -0.39 is 0 Å². The summed E-state index contributed by atoms with van der Waals surface area (Å²) in [5.41, 5.74) is 0. The van der Waals surface area contributed by atoms with Gasteiger partial charge in [0.15, 0.2) is 0 Å². The Bertz CT molecular complexity index is 238. The van der Waals surface area contributed by atoms with Crippen molar-refractivity contribution in [3.05, 3.63) is 0 Å². The van der Waals surface area contributed by atoms with Crippen molar-refractivity contribution in [1.29, 1.82) is 0 Å². The van der Waals surface area contributed by atoms with Gasteiger partial charge in [-0.1, -0.05) is 0 Å². The molecule has 0 N–H and O–H groups in total. The van der Waals surface area contributed by atoms with Gasteiger partial charge in [-0.25, -0.2) is 4.79 Å². The van der Waals surface area contributed by atoms with E-state index in [9.17, 15) is 9.59 Å². The number of carbonyl (C=O) groups excluding carboxylic acids is 2. The summed E-state index contributed by atoms with van der Waals surface area (Å²) in [7, 11) is 1.36. The van der Waals surface area contributed by atoms with Crippen LogP contribution in [-0.4, -0.2) is 36.0 Å². The molecule has 0 bridgehead atoms. The number of ether oxygens (including phenoxy) is 1. The molecule has 2 fully saturated rings. The van der Waals surface area contributed by atoms with E-state index in [0.717, 1.165) is 12.8 Å². The van der Waals surface area contributed by atoms with Gasteiger partial charge < -0.3 is 9.64 Å². The van der Waals surface area contributed by atoms with Gasteiger partial charge in [0, 0.05) is 12.5 Å². The lowest BCUT2D eigenvalue weighted by Gasteiger charge is -2.37. The predicted octanol–water partition coefficient (Wildman–Crippen LogP) is -0.0773. The average molecular weight is 169 g/mol. The van der Waals surface area contributed by atoms with Gasteiger partial charge in [0.1, 0.15) is 6.04 Å². The highest BCUT2D eigenvalue weighted by atomic mass is 16.5. The largest absolute Gasteiger partial charge is 0.467 e. The molecule has 1 amide bonds. The molecule has 0 unspecified atom stereocenters. The lowest BCUT2D eigenvalue weighted by atomic mass is 10.0. The molecule has 0 aromatic heterocycles. The fraction of sp³-hybridized carbons (Fsp3) is 0.750.